The zero-order valence-electron chi connectivity index (χ0n) is 21.6. The van der Waals surface area contributed by atoms with Crippen molar-refractivity contribution < 1.29 is 28.5 Å². The summed E-state index contributed by atoms with van der Waals surface area (Å²) in [6, 6.07) is 14.3. The van der Waals surface area contributed by atoms with Gasteiger partial charge in [-0.25, -0.2) is 0 Å². The van der Waals surface area contributed by atoms with E-state index in [2.05, 4.69) is 10.6 Å². The third-order valence-electron chi connectivity index (χ3n) is 5.27. The molecule has 36 heavy (non-hydrogen) atoms. The molecule has 2 aromatic rings. The van der Waals surface area contributed by atoms with Crippen molar-refractivity contribution in [3.8, 4) is 11.5 Å². The molecule has 0 spiro atoms. The molecule has 0 heterocycles. The van der Waals surface area contributed by atoms with Crippen LogP contribution in [0.2, 0.25) is 0 Å². The van der Waals surface area contributed by atoms with Crippen molar-refractivity contribution in [1.29, 1.82) is 0 Å². The zero-order chi connectivity index (χ0) is 25.8. The highest BCUT2D eigenvalue weighted by Gasteiger charge is 2.08. The van der Waals surface area contributed by atoms with Crippen molar-refractivity contribution in [1.82, 2.24) is 10.6 Å². The van der Waals surface area contributed by atoms with Gasteiger partial charge in [0, 0.05) is 37.4 Å². The first-order chi connectivity index (χ1) is 17.6. The molecule has 2 rings (SSSR count). The van der Waals surface area contributed by atoms with E-state index in [1.165, 1.54) is 0 Å². The van der Waals surface area contributed by atoms with Crippen LogP contribution in [-0.4, -0.2) is 64.5 Å². The smallest absolute Gasteiger partial charge is 0.251 e. The largest absolute Gasteiger partial charge is 0.491 e. The SMILES string of the molecule is CCOCCOc1cccc(C(=O)NCCCCCCNC(=O)c2cccc(OCCOCC)c2)c1. The molecular formula is C28H40N2O6. The first kappa shape index (κ1) is 29.1. The highest BCUT2D eigenvalue weighted by atomic mass is 16.5. The normalized spacial score (nSPS) is 10.6. The van der Waals surface area contributed by atoms with Crippen molar-refractivity contribution in [2.45, 2.75) is 39.5 Å². The van der Waals surface area contributed by atoms with Crippen molar-refractivity contribution in [2.75, 3.05) is 52.7 Å². The number of hydrogen-bond acceptors (Lipinski definition) is 6. The number of hydrogen-bond donors (Lipinski definition) is 2. The highest BCUT2D eigenvalue weighted by Crippen LogP contribution is 2.14. The minimum atomic E-state index is -0.110. The molecule has 198 valence electrons. The zero-order valence-corrected chi connectivity index (χ0v) is 21.6. The number of benzene rings is 2. The summed E-state index contributed by atoms with van der Waals surface area (Å²) in [6.07, 6.45) is 3.70. The lowest BCUT2D eigenvalue weighted by Gasteiger charge is -2.09. The maximum absolute atomic E-state index is 12.4. The Kier molecular flexibility index (Phi) is 14.7. The van der Waals surface area contributed by atoms with Gasteiger partial charge in [0.2, 0.25) is 0 Å². The summed E-state index contributed by atoms with van der Waals surface area (Å²) < 4.78 is 21.7. The summed E-state index contributed by atoms with van der Waals surface area (Å²) in [5, 5.41) is 5.90. The molecule has 0 aromatic heterocycles. The van der Waals surface area contributed by atoms with Gasteiger partial charge >= 0.3 is 0 Å². The fourth-order valence-electron chi connectivity index (χ4n) is 3.39. The van der Waals surface area contributed by atoms with Gasteiger partial charge in [-0.2, -0.15) is 0 Å². The van der Waals surface area contributed by atoms with Gasteiger partial charge in [0.15, 0.2) is 0 Å². The molecule has 0 aliphatic carbocycles. The Hall–Kier alpha value is -3.10. The van der Waals surface area contributed by atoms with Gasteiger partial charge in [-0.1, -0.05) is 25.0 Å². The van der Waals surface area contributed by atoms with Crippen molar-refractivity contribution in [3.63, 3.8) is 0 Å². The minimum Gasteiger partial charge on any atom is -0.491 e. The topological polar surface area (TPSA) is 95.1 Å². The monoisotopic (exact) mass is 500 g/mol. The molecule has 2 N–H and O–H groups in total. The molecule has 8 nitrogen and oxygen atoms in total. The van der Waals surface area contributed by atoms with Gasteiger partial charge in [0.25, 0.3) is 11.8 Å². The lowest BCUT2D eigenvalue weighted by atomic mass is 10.1. The summed E-state index contributed by atoms with van der Waals surface area (Å²) >= 11 is 0. The average molecular weight is 501 g/mol. The van der Waals surface area contributed by atoms with Gasteiger partial charge in [-0.05, 0) is 63.1 Å². The van der Waals surface area contributed by atoms with E-state index < -0.39 is 0 Å². The Morgan fingerprint density at radius 2 is 1.08 bits per heavy atom. The summed E-state index contributed by atoms with van der Waals surface area (Å²) in [5.41, 5.74) is 1.16. The van der Waals surface area contributed by atoms with Crippen molar-refractivity contribution in [2.24, 2.45) is 0 Å². The molecule has 0 saturated carbocycles. The van der Waals surface area contributed by atoms with Gasteiger partial charge in [0.1, 0.15) is 24.7 Å². The Balaban J connectivity index is 1.56. The van der Waals surface area contributed by atoms with Crippen LogP contribution in [0.4, 0.5) is 0 Å². The molecule has 2 amide bonds. The van der Waals surface area contributed by atoms with E-state index in [1.807, 2.05) is 38.1 Å². The van der Waals surface area contributed by atoms with Gasteiger partial charge in [-0.15, -0.1) is 0 Å². The number of amides is 2. The summed E-state index contributed by atoms with van der Waals surface area (Å²) in [6.45, 7) is 8.35. The molecule has 2 aromatic carbocycles. The van der Waals surface area contributed by atoms with E-state index in [1.54, 1.807) is 24.3 Å². The van der Waals surface area contributed by atoms with Crippen LogP contribution in [0, 0.1) is 0 Å². The maximum Gasteiger partial charge on any atom is 0.251 e. The first-order valence-electron chi connectivity index (χ1n) is 12.8. The molecule has 0 atom stereocenters. The molecule has 0 fully saturated rings. The number of unbranched alkanes of at least 4 members (excludes halogenated alkanes) is 3. The van der Waals surface area contributed by atoms with E-state index in [0.717, 1.165) is 25.7 Å². The third kappa shape index (κ3) is 12.0. The standard InChI is InChI=1S/C28H40N2O6/c1-3-33-17-19-35-25-13-9-11-23(21-25)27(31)29-15-7-5-6-8-16-30-28(32)24-12-10-14-26(22-24)36-20-18-34-4-2/h9-14,21-22H,3-8,15-20H2,1-2H3,(H,29,31)(H,30,32). The number of ether oxygens (including phenoxy) is 4. The van der Waals surface area contributed by atoms with Gasteiger partial charge < -0.3 is 29.6 Å². The van der Waals surface area contributed by atoms with Crippen molar-refractivity contribution in [3.05, 3.63) is 59.7 Å². The molecule has 0 radical (unpaired) electrons. The molecule has 0 bridgehead atoms. The minimum absolute atomic E-state index is 0.110. The van der Waals surface area contributed by atoms with E-state index >= 15 is 0 Å². The molecular weight excluding hydrogens is 460 g/mol. The molecule has 0 saturated heterocycles. The van der Waals surface area contributed by atoms with Gasteiger partial charge in [0.05, 0.1) is 13.2 Å². The molecule has 0 aliphatic heterocycles. The number of carbonyl (C=O) groups excluding carboxylic acids is 2. The third-order valence-corrected chi connectivity index (χ3v) is 5.27. The van der Waals surface area contributed by atoms with Crippen molar-refractivity contribution >= 4 is 11.8 Å². The predicted octanol–water partition coefficient (Wildman–Crippen LogP) is 4.24. The second kappa shape index (κ2) is 18.2. The average Bonchev–Trinajstić information content (AvgIpc) is 2.90. The van der Waals surface area contributed by atoms with Crippen LogP contribution in [0.25, 0.3) is 0 Å². The Morgan fingerprint density at radius 3 is 1.50 bits per heavy atom. The Labute approximate surface area is 214 Å². The van der Waals surface area contributed by atoms with E-state index in [-0.39, 0.29) is 11.8 Å². The van der Waals surface area contributed by atoms with E-state index in [0.29, 0.717) is 75.4 Å². The summed E-state index contributed by atoms with van der Waals surface area (Å²) in [4.78, 5) is 24.8. The molecule has 0 aliphatic rings. The Bertz CT molecular complexity index is 832. The fourth-order valence-corrected chi connectivity index (χ4v) is 3.39. The van der Waals surface area contributed by atoms with Crippen LogP contribution >= 0.6 is 0 Å². The maximum atomic E-state index is 12.4. The lowest BCUT2D eigenvalue weighted by Crippen LogP contribution is -2.25. The molecule has 0 unspecified atom stereocenters. The van der Waals surface area contributed by atoms with E-state index in [9.17, 15) is 9.59 Å². The predicted molar refractivity (Wildman–Crippen MR) is 140 cm³/mol. The highest BCUT2D eigenvalue weighted by molar-refractivity contribution is 5.95. The van der Waals surface area contributed by atoms with E-state index in [4.69, 9.17) is 18.9 Å². The van der Waals surface area contributed by atoms with Crippen LogP contribution in [0.5, 0.6) is 11.5 Å². The second-order valence-corrected chi connectivity index (χ2v) is 8.07. The van der Waals surface area contributed by atoms with Crippen LogP contribution < -0.4 is 20.1 Å². The lowest BCUT2D eigenvalue weighted by molar-refractivity contribution is 0.0942. The van der Waals surface area contributed by atoms with Crippen LogP contribution in [0.3, 0.4) is 0 Å². The summed E-state index contributed by atoms with van der Waals surface area (Å²) in [7, 11) is 0. The quantitative estimate of drug-likeness (QED) is 0.280. The fraction of sp³-hybridized carbons (Fsp3) is 0.500. The first-order valence-corrected chi connectivity index (χ1v) is 12.8. The number of nitrogens with one attached hydrogen (secondary N) is 2. The number of rotatable bonds is 19. The van der Waals surface area contributed by atoms with Crippen LogP contribution in [0.15, 0.2) is 48.5 Å². The number of carbonyl (C=O) groups is 2. The van der Waals surface area contributed by atoms with Gasteiger partial charge in [-0.3, -0.25) is 9.59 Å². The second-order valence-electron chi connectivity index (χ2n) is 8.07. The molecule has 8 heteroatoms. The summed E-state index contributed by atoms with van der Waals surface area (Å²) in [5.74, 6) is 1.10. The van der Waals surface area contributed by atoms with Crippen LogP contribution in [0.1, 0.15) is 60.2 Å². The Morgan fingerprint density at radius 1 is 0.639 bits per heavy atom. The van der Waals surface area contributed by atoms with Crippen LogP contribution in [-0.2, 0) is 9.47 Å².